The topological polar surface area (TPSA) is 63.3 Å². The van der Waals surface area contributed by atoms with Crippen LogP contribution in [0.4, 0.5) is 5.69 Å². The van der Waals surface area contributed by atoms with Crippen molar-refractivity contribution in [3.8, 4) is 0 Å². The number of rotatable bonds is 3. The fraction of sp³-hybridized carbons (Fsp3) is 0. The Balaban J connectivity index is 2.51. The zero-order chi connectivity index (χ0) is 14.0. The molecule has 0 atom stereocenters. The highest BCUT2D eigenvalue weighted by molar-refractivity contribution is 7.99. The molecule has 6 heteroatoms. The van der Waals surface area contributed by atoms with Crippen LogP contribution in [0, 0.1) is 0 Å². The Morgan fingerprint density at radius 2 is 1.84 bits per heavy atom. The maximum absolute atomic E-state index is 11.2. The Kier molecular flexibility index (Phi) is 4.24. The molecule has 2 aromatic carbocycles. The van der Waals surface area contributed by atoms with Crippen molar-refractivity contribution in [1.29, 1.82) is 0 Å². The van der Waals surface area contributed by atoms with E-state index in [-0.39, 0.29) is 5.56 Å². The molecule has 0 saturated heterocycles. The van der Waals surface area contributed by atoms with E-state index in [1.54, 1.807) is 18.2 Å². The van der Waals surface area contributed by atoms with E-state index in [4.69, 9.17) is 28.9 Å². The molecule has 0 bridgehead atoms. The minimum absolute atomic E-state index is 0.0647. The average molecular weight is 314 g/mol. The number of carboxylic acids is 1. The first-order chi connectivity index (χ1) is 8.99. The molecular formula is C13H9Cl2NO2S. The van der Waals surface area contributed by atoms with E-state index in [1.807, 2.05) is 6.07 Å². The van der Waals surface area contributed by atoms with Crippen molar-refractivity contribution in [1.82, 2.24) is 0 Å². The summed E-state index contributed by atoms with van der Waals surface area (Å²) in [6, 6.07) is 10.1. The van der Waals surface area contributed by atoms with Crippen LogP contribution < -0.4 is 5.73 Å². The average Bonchev–Trinajstić information content (AvgIpc) is 2.34. The van der Waals surface area contributed by atoms with Crippen LogP contribution in [0.15, 0.2) is 46.2 Å². The summed E-state index contributed by atoms with van der Waals surface area (Å²) >= 11 is 13.3. The van der Waals surface area contributed by atoms with Gasteiger partial charge in [-0.15, -0.1) is 0 Å². The van der Waals surface area contributed by atoms with Crippen molar-refractivity contribution in [2.45, 2.75) is 9.79 Å². The van der Waals surface area contributed by atoms with E-state index in [1.165, 1.54) is 23.9 Å². The van der Waals surface area contributed by atoms with Gasteiger partial charge in [-0.3, -0.25) is 0 Å². The van der Waals surface area contributed by atoms with Crippen LogP contribution in [0.1, 0.15) is 10.4 Å². The molecule has 0 unspecified atom stereocenters. The van der Waals surface area contributed by atoms with Crippen molar-refractivity contribution >= 4 is 46.6 Å². The third kappa shape index (κ3) is 3.15. The van der Waals surface area contributed by atoms with Gasteiger partial charge in [-0.05, 0) is 24.3 Å². The smallest absolute Gasteiger partial charge is 0.336 e. The van der Waals surface area contributed by atoms with Gasteiger partial charge in [0, 0.05) is 15.5 Å². The summed E-state index contributed by atoms with van der Waals surface area (Å²) in [4.78, 5) is 12.4. The summed E-state index contributed by atoms with van der Waals surface area (Å²) in [6.07, 6.45) is 0. The summed E-state index contributed by atoms with van der Waals surface area (Å²) in [5, 5.41) is 10.0. The molecule has 98 valence electrons. The number of hydrogen-bond acceptors (Lipinski definition) is 3. The molecule has 0 aromatic heterocycles. The first-order valence-electron chi connectivity index (χ1n) is 5.23. The Morgan fingerprint density at radius 1 is 1.16 bits per heavy atom. The first kappa shape index (κ1) is 14.1. The van der Waals surface area contributed by atoms with Crippen molar-refractivity contribution < 1.29 is 9.90 Å². The minimum atomic E-state index is -1.08. The van der Waals surface area contributed by atoms with Crippen molar-refractivity contribution in [2.75, 3.05) is 5.73 Å². The van der Waals surface area contributed by atoms with Crippen LogP contribution in [0.3, 0.4) is 0 Å². The molecule has 0 aliphatic rings. The van der Waals surface area contributed by atoms with E-state index >= 15 is 0 Å². The lowest BCUT2D eigenvalue weighted by atomic mass is 10.2. The minimum Gasteiger partial charge on any atom is -0.478 e. The number of carbonyl (C=O) groups is 1. The van der Waals surface area contributed by atoms with E-state index in [2.05, 4.69) is 0 Å². The molecule has 0 spiro atoms. The van der Waals surface area contributed by atoms with Crippen LogP contribution in [0.25, 0.3) is 0 Å². The number of hydrogen-bond donors (Lipinski definition) is 2. The van der Waals surface area contributed by atoms with Crippen LogP contribution in [-0.4, -0.2) is 11.1 Å². The normalized spacial score (nSPS) is 10.4. The zero-order valence-electron chi connectivity index (χ0n) is 9.56. The van der Waals surface area contributed by atoms with E-state index < -0.39 is 5.97 Å². The van der Waals surface area contributed by atoms with E-state index in [0.29, 0.717) is 20.6 Å². The van der Waals surface area contributed by atoms with Gasteiger partial charge in [-0.25, -0.2) is 4.79 Å². The summed E-state index contributed by atoms with van der Waals surface area (Å²) < 4.78 is 0. The molecule has 0 heterocycles. The maximum atomic E-state index is 11.2. The molecule has 19 heavy (non-hydrogen) atoms. The van der Waals surface area contributed by atoms with Crippen LogP contribution >= 0.6 is 35.0 Å². The van der Waals surface area contributed by atoms with Gasteiger partial charge in [-0.1, -0.05) is 47.1 Å². The van der Waals surface area contributed by atoms with Crippen molar-refractivity contribution in [3.05, 3.63) is 52.0 Å². The number of halogens is 2. The van der Waals surface area contributed by atoms with Gasteiger partial charge in [0.15, 0.2) is 0 Å². The van der Waals surface area contributed by atoms with Gasteiger partial charge >= 0.3 is 5.97 Å². The highest BCUT2D eigenvalue weighted by atomic mass is 35.5. The molecule has 2 aromatic rings. The summed E-state index contributed by atoms with van der Waals surface area (Å²) in [7, 11) is 0. The lowest BCUT2D eigenvalue weighted by Crippen LogP contribution is -2.01. The van der Waals surface area contributed by atoms with Crippen LogP contribution in [-0.2, 0) is 0 Å². The fourth-order valence-electron chi connectivity index (χ4n) is 1.51. The molecule has 3 N–H and O–H groups in total. The Bertz CT molecular complexity index is 647. The molecule has 0 aliphatic carbocycles. The summed E-state index contributed by atoms with van der Waals surface area (Å²) in [5.41, 5.74) is 5.98. The van der Waals surface area contributed by atoms with E-state index in [0.717, 1.165) is 4.90 Å². The third-order valence-electron chi connectivity index (χ3n) is 2.35. The molecule has 0 amide bonds. The molecule has 0 saturated carbocycles. The van der Waals surface area contributed by atoms with Crippen molar-refractivity contribution in [3.63, 3.8) is 0 Å². The number of nitrogens with two attached hydrogens (primary N) is 1. The Morgan fingerprint density at radius 3 is 2.47 bits per heavy atom. The summed E-state index contributed by atoms with van der Waals surface area (Å²) in [5.74, 6) is -1.08. The number of nitrogen functional groups attached to an aromatic ring is 1. The second kappa shape index (κ2) is 5.74. The molecule has 3 nitrogen and oxygen atoms in total. The fourth-order valence-corrected chi connectivity index (χ4v) is 3.05. The predicted molar refractivity (Wildman–Crippen MR) is 78.4 cm³/mol. The zero-order valence-corrected chi connectivity index (χ0v) is 11.9. The van der Waals surface area contributed by atoms with Gasteiger partial charge in [0.25, 0.3) is 0 Å². The molecule has 0 aliphatic heterocycles. The quantitative estimate of drug-likeness (QED) is 0.823. The van der Waals surface area contributed by atoms with E-state index in [9.17, 15) is 9.90 Å². The predicted octanol–water partition coefficient (Wildman–Crippen LogP) is 4.43. The van der Waals surface area contributed by atoms with Crippen LogP contribution in [0.5, 0.6) is 0 Å². The number of aromatic carboxylic acids is 1. The monoisotopic (exact) mass is 313 g/mol. The van der Waals surface area contributed by atoms with Gasteiger partial charge in [-0.2, -0.15) is 0 Å². The molecule has 2 rings (SSSR count). The standard InChI is InChI=1S/C13H9Cl2NO2S/c14-9-3-1-2-4-11(9)19-12-8(13(17)18)5-7(16)6-10(12)15/h1-6H,16H2,(H,17,18). The number of carboxylic acid groups (broad SMARTS) is 1. The highest BCUT2D eigenvalue weighted by Crippen LogP contribution is 2.40. The van der Waals surface area contributed by atoms with Crippen LogP contribution in [0.2, 0.25) is 10.0 Å². The SMILES string of the molecule is Nc1cc(Cl)c(Sc2ccccc2Cl)c(C(=O)O)c1. The molecule has 0 radical (unpaired) electrons. The third-order valence-corrected chi connectivity index (χ3v) is 4.42. The van der Waals surface area contributed by atoms with Gasteiger partial charge in [0.05, 0.1) is 15.6 Å². The second-order valence-corrected chi connectivity index (χ2v) is 5.58. The lowest BCUT2D eigenvalue weighted by Gasteiger charge is -2.10. The second-order valence-electron chi connectivity index (χ2n) is 3.72. The molecular weight excluding hydrogens is 305 g/mol. The van der Waals surface area contributed by atoms with Crippen molar-refractivity contribution in [2.24, 2.45) is 0 Å². The largest absolute Gasteiger partial charge is 0.478 e. The number of anilines is 1. The lowest BCUT2D eigenvalue weighted by molar-refractivity contribution is 0.0693. The first-order valence-corrected chi connectivity index (χ1v) is 6.81. The number of benzene rings is 2. The Hall–Kier alpha value is -1.36. The van der Waals surface area contributed by atoms with Gasteiger partial charge in [0.2, 0.25) is 0 Å². The van der Waals surface area contributed by atoms with Gasteiger partial charge in [0.1, 0.15) is 0 Å². The summed E-state index contributed by atoms with van der Waals surface area (Å²) in [6.45, 7) is 0. The Labute approximate surface area is 124 Å². The maximum Gasteiger partial charge on any atom is 0.336 e. The van der Waals surface area contributed by atoms with Gasteiger partial charge < -0.3 is 10.8 Å². The molecule has 0 fully saturated rings. The highest BCUT2D eigenvalue weighted by Gasteiger charge is 2.17.